The van der Waals surface area contributed by atoms with Crippen molar-refractivity contribution in [3.05, 3.63) is 42.5 Å². The molecule has 0 aliphatic heterocycles. The van der Waals surface area contributed by atoms with Crippen molar-refractivity contribution in [1.82, 2.24) is 0 Å². The Labute approximate surface area is 115 Å². The van der Waals surface area contributed by atoms with Gasteiger partial charge in [-0.2, -0.15) is 0 Å². The van der Waals surface area contributed by atoms with Crippen LogP contribution in [0.3, 0.4) is 0 Å². The molecule has 0 bridgehead atoms. The highest BCUT2D eigenvalue weighted by Gasteiger charge is 2.14. The topological polar surface area (TPSA) is 34.1 Å². The van der Waals surface area contributed by atoms with Crippen molar-refractivity contribution >= 4 is 20.6 Å². The van der Waals surface area contributed by atoms with Gasteiger partial charge in [0.25, 0.3) is 0 Å². The van der Waals surface area contributed by atoms with Crippen molar-refractivity contribution in [2.45, 2.75) is 37.5 Å². The summed E-state index contributed by atoms with van der Waals surface area (Å²) in [4.78, 5) is 0.447. The highest BCUT2D eigenvalue weighted by Crippen LogP contribution is 2.20. The van der Waals surface area contributed by atoms with E-state index in [9.17, 15) is 8.42 Å². The molecule has 2 aromatic rings. The van der Waals surface area contributed by atoms with Gasteiger partial charge in [0.1, 0.15) is 0 Å². The van der Waals surface area contributed by atoms with E-state index in [1.807, 2.05) is 30.3 Å². The molecule has 0 N–H and O–H groups in total. The second-order valence-electron chi connectivity index (χ2n) is 4.89. The summed E-state index contributed by atoms with van der Waals surface area (Å²) in [6.45, 7) is 2.12. The van der Waals surface area contributed by atoms with Gasteiger partial charge >= 0.3 is 0 Å². The van der Waals surface area contributed by atoms with Crippen LogP contribution in [-0.2, 0) is 9.84 Å². The van der Waals surface area contributed by atoms with Crippen LogP contribution in [0.25, 0.3) is 10.8 Å². The van der Waals surface area contributed by atoms with Crippen LogP contribution in [0.1, 0.15) is 32.6 Å². The molecule has 0 atom stereocenters. The maximum Gasteiger partial charge on any atom is 0.178 e. The summed E-state index contributed by atoms with van der Waals surface area (Å²) in [5.74, 6) is 0.255. The van der Waals surface area contributed by atoms with E-state index in [2.05, 4.69) is 6.92 Å². The summed E-state index contributed by atoms with van der Waals surface area (Å²) >= 11 is 0. The van der Waals surface area contributed by atoms with Gasteiger partial charge in [0.15, 0.2) is 9.84 Å². The number of hydrogen-bond donors (Lipinski definition) is 0. The number of fused-ring (bicyclic) bond motifs is 1. The molecule has 0 saturated carbocycles. The predicted molar refractivity (Wildman–Crippen MR) is 80.1 cm³/mol. The summed E-state index contributed by atoms with van der Waals surface area (Å²) in [5.41, 5.74) is 0. The lowest BCUT2D eigenvalue weighted by atomic mass is 10.1. The zero-order valence-corrected chi connectivity index (χ0v) is 12.1. The Morgan fingerprint density at radius 3 is 2.37 bits per heavy atom. The largest absolute Gasteiger partial charge is 0.224 e. The molecule has 2 rings (SSSR count). The third-order valence-electron chi connectivity index (χ3n) is 3.35. The van der Waals surface area contributed by atoms with Gasteiger partial charge in [-0.25, -0.2) is 8.42 Å². The van der Waals surface area contributed by atoms with Gasteiger partial charge < -0.3 is 0 Å². The van der Waals surface area contributed by atoms with Crippen LogP contribution < -0.4 is 0 Å². The predicted octanol–water partition coefficient (Wildman–Crippen LogP) is 4.19. The molecule has 0 unspecified atom stereocenters. The second kappa shape index (κ2) is 6.20. The lowest BCUT2D eigenvalue weighted by Crippen LogP contribution is -2.06. The Bertz CT molecular complexity index is 645. The Kier molecular flexibility index (Phi) is 4.59. The van der Waals surface area contributed by atoms with Gasteiger partial charge in [-0.15, -0.1) is 0 Å². The molecule has 2 nitrogen and oxygen atoms in total. The zero-order valence-electron chi connectivity index (χ0n) is 11.3. The molecule has 3 heteroatoms. The van der Waals surface area contributed by atoms with Crippen molar-refractivity contribution in [3.63, 3.8) is 0 Å². The van der Waals surface area contributed by atoms with Crippen LogP contribution in [0.2, 0.25) is 0 Å². The highest BCUT2D eigenvalue weighted by atomic mass is 32.2. The van der Waals surface area contributed by atoms with Crippen LogP contribution in [0.4, 0.5) is 0 Å². The van der Waals surface area contributed by atoms with E-state index in [0.717, 1.165) is 36.5 Å². The second-order valence-corrected chi connectivity index (χ2v) is 7.00. The molecule has 0 aliphatic rings. The standard InChI is InChI=1S/C16H20O2S/c1-2-3-4-7-12-19(17,18)16-11-10-14-8-5-6-9-15(14)13-16/h5-6,8-11,13H,2-4,7,12H2,1H3. The van der Waals surface area contributed by atoms with Crippen LogP contribution in [0, 0.1) is 0 Å². The Morgan fingerprint density at radius 2 is 1.63 bits per heavy atom. The first-order valence-electron chi connectivity index (χ1n) is 6.85. The van der Waals surface area contributed by atoms with E-state index >= 15 is 0 Å². The van der Waals surface area contributed by atoms with Gasteiger partial charge in [-0.05, 0) is 29.3 Å². The molecule has 0 radical (unpaired) electrons. The third-order valence-corrected chi connectivity index (χ3v) is 5.14. The normalized spacial score (nSPS) is 11.8. The minimum atomic E-state index is -3.13. The smallest absolute Gasteiger partial charge is 0.178 e. The quantitative estimate of drug-likeness (QED) is 0.741. The summed E-state index contributed by atoms with van der Waals surface area (Å²) in [7, 11) is -3.13. The Morgan fingerprint density at radius 1 is 0.895 bits per heavy atom. The van der Waals surface area contributed by atoms with Crippen molar-refractivity contribution in [2.75, 3.05) is 5.75 Å². The molecule has 0 fully saturated rings. The third kappa shape index (κ3) is 3.57. The minimum absolute atomic E-state index is 0.255. The van der Waals surface area contributed by atoms with Crippen molar-refractivity contribution in [1.29, 1.82) is 0 Å². The average Bonchev–Trinajstić information content (AvgIpc) is 2.43. The molecule has 0 amide bonds. The average molecular weight is 276 g/mol. The zero-order chi connectivity index (χ0) is 13.7. The highest BCUT2D eigenvalue weighted by molar-refractivity contribution is 7.91. The Balaban J connectivity index is 2.18. The Hall–Kier alpha value is -1.35. The number of benzene rings is 2. The lowest BCUT2D eigenvalue weighted by molar-refractivity contribution is 0.589. The van der Waals surface area contributed by atoms with E-state index in [1.54, 1.807) is 12.1 Å². The summed E-state index contributed by atoms with van der Waals surface area (Å²) < 4.78 is 24.5. The SMILES string of the molecule is CCCCCCS(=O)(=O)c1ccc2ccccc2c1. The van der Waals surface area contributed by atoms with Crippen LogP contribution in [-0.4, -0.2) is 14.2 Å². The number of rotatable bonds is 6. The molecular weight excluding hydrogens is 256 g/mol. The molecule has 2 aromatic carbocycles. The summed E-state index contributed by atoms with van der Waals surface area (Å²) in [6, 6.07) is 13.2. The van der Waals surface area contributed by atoms with Gasteiger partial charge in [0.2, 0.25) is 0 Å². The van der Waals surface area contributed by atoms with Crippen LogP contribution in [0.15, 0.2) is 47.4 Å². The monoisotopic (exact) mass is 276 g/mol. The number of hydrogen-bond acceptors (Lipinski definition) is 2. The first-order valence-corrected chi connectivity index (χ1v) is 8.50. The van der Waals surface area contributed by atoms with Crippen molar-refractivity contribution < 1.29 is 8.42 Å². The maximum atomic E-state index is 12.2. The van der Waals surface area contributed by atoms with Crippen molar-refractivity contribution in [3.8, 4) is 0 Å². The molecule has 0 spiro atoms. The molecule has 0 saturated heterocycles. The van der Waals surface area contributed by atoms with Gasteiger partial charge in [0.05, 0.1) is 10.6 Å². The fourth-order valence-corrected chi connectivity index (χ4v) is 3.60. The molecular formula is C16H20O2S. The van der Waals surface area contributed by atoms with E-state index in [4.69, 9.17) is 0 Å². The number of sulfone groups is 1. The molecule has 19 heavy (non-hydrogen) atoms. The molecule has 102 valence electrons. The lowest BCUT2D eigenvalue weighted by Gasteiger charge is -2.06. The molecule has 0 aliphatic carbocycles. The fraction of sp³-hybridized carbons (Fsp3) is 0.375. The van der Waals surface area contributed by atoms with Crippen LogP contribution >= 0.6 is 0 Å². The van der Waals surface area contributed by atoms with Gasteiger partial charge in [-0.3, -0.25) is 0 Å². The molecule has 0 aromatic heterocycles. The minimum Gasteiger partial charge on any atom is -0.224 e. The number of unbranched alkanes of at least 4 members (excludes halogenated alkanes) is 3. The van der Waals surface area contributed by atoms with Gasteiger partial charge in [0, 0.05) is 0 Å². The van der Waals surface area contributed by atoms with E-state index in [1.165, 1.54) is 0 Å². The van der Waals surface area contributed by atoms with Crippen molar-refractivity contribution in [2.24, 2.45) is 0 Å². The fourth-order valence-electron chi connectivity index (χ4n) is 2.20. The van der Waals surface area contributed by atoms with E-state index in [0.29, 0.717) is 4.90 Å². The van der Waals surface area contributed by atoms with Crippen LogP contribution in [0.5, 0.6) is 0 Å². The maximum absolute atomic E-state index is 12.2. The van der Waals surface area contributed by atoms with E-state index in [-0.39, 0.29) is 5.75 Å². The first kappa shape index (κ1) is 14.1. The van der Waals surface area contributed by atoms with Gasteiger partial charge in [-0.1, -0.05) is 56.5 Å². The summed E-state index contributed by atoms with van der Waals surface area (Å²) in [5, 5.41) is 2.06. The van der Waals surface area contributed by atoms with E-state index < -0.39 is 9.84 Å². The summed E-state index contributed by atoms with van der Waals surface area (Å²) in [6.07, 6.45) is 3.97. The molecule has 0 heterocycles. The first-order chi connectivity index (χ1) is 9.13.